The quantitative estimate of drug-likeness (QED) is 0.357. The molecule has 6 heteroatoms. The number of hydrogen-bond acceptors (Lipinski definition) is 6. The third kappa shape index (κ3) is 4.28. The first-order valence-corrected chi connectivity index (χ1v) is 10.7. The Hall–Kier alpha value is -2.99. The number of benzene rings is 1. The van der Waals surface area contributed by atoms with Gasteiger partial charge in [-0.1, -0.05) is 13.3 Å². The minimum absolute atomic E-state index is 0.0568. The standard InChI is InChI=1S/C24H28N4O2/c1-2-3-8-26-23-7-6-16(12-28-23)18-11-19-21(10-17(18)14-29)27-13-20(24(19)25)22(30)9-15-4-5-15/h6-7,10-13,15,29H,2-5,8-9,14H2,1H3,(H2,25,27)(H,26,28). The van der Waals surface area contributed by atoms with E-state index in [1.54, 1.807) is 12.4 Å². The molecular formula is C24H28N4O2. The minimum atomic E-state index is -0.119. The highest BCUT2D eigenvalue weighted by atomic mass is 16.3. The van der Waals surface area contributed by atoms with Crippen LogP contribution in [0.4, 0.5) is 11.5 Å². The van der Waals surface area contributed by atoms with E-state index in [1.807, 2.05) is 24.3 Å². The van der Waals surface area contributed by atoms with Crippen molar-refractivity contribution in [3.05, 3.63) is 47.8 Å². The van der Waals surface area contributed by atoms with Crippen molar-refractivity contribution in [2.45, 2.75) is 45.6 Å². The lowest BCUT2D eigenvalue weighted by molar-refractivity contribution is 0.0976. The van der Waals surface area contributed by atoms with E-state index in [9.17, 15) is 9.90 Å². The largest absolute Gasteiger partial charge is 0.398 e. The second kappa shape index (κ2) is 8.79. The van der Waals surface area contributed by atoms with Gasteiger partial charge in [0, 0.05) is 36.3 Å². The average Bonchev–Trinajstić information content (AvgIpc) is 3.58. The molecule has 1 aliphatic carbocycles. The monoisotopic (exact) mass is 404 g/mol. The molecule has 4 N–H and O–H groups in total. The summed E-state index contributed by atoms with van der Waals surface area (Å²) in [6.45, 7) is 2.92. The van der Waals surface area contributed by atoms with E-state index >= 15 is 0 Å². The fourth-order valence-electron chi connectivity index (χ4n) is 3.67. The first-order chi connectivity index (χ1) is 14.6. The lowest BCUT2D eigenvalue weighted by Gasteiger charge is -2.13. The highest BCUT2D eigenvalue weighted by Crippen LogP contribution is 2.36. The number of aliphatic hydroxyl groups excluding tert-OH is 1. The normalized spacial score (nSPS) is 13.5. The van der Waals surface area contributed by atoms with Crippen molar-refractivity contribution >= 4 is 28.2 Å². The van der Waals surface area contributed by atoms with Gasteiger partial charge in [0.1, 0.15) is 5.82 Å². The zero-order chi connectivity index (χ0) is 21.1. The summed E-state index contributed by atoms with van der Waals surface area (Å²) in [4.78, 5) is 21.6. The predicted molar refractivity (Wildman–Crippen MR) is 120 cm³/mol. The second-order valence-corrected chi connectivity index (χ2v) is 8.05. The van der Waals surface area contributed by atoms with Gasteiger partial charge in [-0.15, -0.1) is 0 Å². The number of unbranched alkanes of at least 4 members (excludes halogenated alkanes) is 1. The number of nitrogen functional groups attached to an aromatic ring is 1. The smallest absolute Gasteiger partial charge is 0.166 e. The summed E-state index contributed by atoms with van der Waals surface area (Å²) < 4.78 is 0. The molecule has 156 valence electrons. The van der Waals surface area contributed by atoms with E-state index in [-0.39, 0.29) is 12.4 Å². The number of pyridine rings is 2. The molecule has 0 bridgehead atoms. The maximum absolute atomic E-state index is 12.6. The van der Waals surface area contributed by atoms with Crippen LogP contribution in [0.2, 0.25) is 0 Å². The molecule has 2 aromatic heterocycles. The zero-order valence-corrected chi connectivity index (χ0v) is 17.3. The molecule has 0 radical (unpaired) electrons. The minimum Gasteiger partial charge on any atom is -0.398 e. The van der Waals surface area contributed by atoms with Gasteiger partial charge in [0.05, 0.1) is 23.4 Å². The van der Waals surface area contributed by atoms with Gasteiger partial charge >= 0.3 is 0 Å². The molecule has 30 heavy (non-hydrogen) atoms. The number of rotatable bonds is 9. The van der Waals surface area contributed by atoms with Gasteiger partial charge in [-0.05, 0) is 60.6 Å². The summed E-state index contributed by atoms with van der Waals surface area (Å²) in [5.74, 6) is 1.38. The van der Waals surface area contributed by atoms with Gasteiger partial charge in [-0.2, -0.15) is 0 Å². The number of carbonyl (C=O) groups is 1. The molecule has 1 aliphatic rings. The molecular weight excluding hydrogens is 376 g/mol. The third-order valence-corrected chi connectivity index (χ3v) is 5.69. The maximum atomic E-state index is 12.6. The van der Waals surface area contributed by atoms with E-state index in [1.165, 1.54) is 0 Å². The van der Waals surface area contributed by atoms with E-state index in [2.05, 4.69) is 22.2 Å². The number of aromatic nitrogens is 2. The van der Waals surface area contributed by atoms with Gasteiger partial charge in [0.15, 0.2) is 5.78 Å². The molecule has 4 rings (SSSR count). The molecule has 0 spiro atoms. The summed E-state index contributed by atoms with van der Waals surface area (Å²) in [5, 5.41) is 13.9. The Morgan fingerprint density at radius 1 is 1.23 bits per heavy atom. The van der Waals surface area contributed by atoms with E-state index in [0.717, 1.165) is 60.1 Å². The molecule has 1 fully saturated rings. The number of hydrogen-bond donors (Lipinski definition) is 3. The number of nitrogens with zero attached hydrogens (tertiary/aromatic N) is 2. The van der Waals surface area contributed by atoms with Crippen molar-refractivity contribution in [3.63, 3.8) is 0 Å². The van der Waals surface area contributed by atoms with Crippen LogP contribution in [0.25, 0.3) is 22.0 Å². The molecule has 1 aromatic carbocycles. The Balaban J connectivity index is 1.69. The van der Waals surface area contributed by atoms with Crippen LogP contribution in [0.1, 0.15) is 54.9 Å². The Morgan fingerprint density at radius 2 is 2.07 bits per heavy atom. The summed E-state index contributed by atoms with van der Waals surface area (Å²) in [5.41, 5.74) is 10.5. The van der Waals surface area contributed by atoms with E-state index < -0.39 is 0 Å². The highest BCUT2D eigenvalue weighted by molar-refractivity contribution is 6.08. The molecule has 0 atom stereocenters. The number of anilines is 2. The van der Waals surface area contributed by atoms with Crippen LogP contribution in [-0.2, 0) is 6.61 Å². The number of ketones is 1. The van der Waals surface area contributed by atoms with Crippen LogP contribution in [0.3, 0.4) is 0 Å². The molecule has 0 saturated heterocycles. The van der Waals surface area contributed by atoms with Crippen LogP contribution < -0.4 is 11.1 Å². The first kappa shape index (κ1) is 20.3. The van der Waals surface area contributed by atoms with Crippen molar-refractivity contribution < 1.29 is 9.90 Å². The number of nitrogens with two attached hydrogens (primary N) is 1. The Labute approximate surface area is 176 Å². The van der Waals surface area contributed by atoms with Crippen LogP contribution in [0, 0.1) is 5.92 Å². The van der Waals surface area contributed by atoms with Crippen molar-refractivity contribution in [3.8, 4) is 11.1 Å². The summed E-state index contributed by atoms with van der Waals surface area (Å²) in [6, 6.07) is 7.67. The molecule has 0 unspecified atom stereocenters. The fraction of sp³-hybridized carbons (Fsp3) is 0.375. The molecule has 6 nitrogen and oxygen atoms in total. The van der Waals surface area contributed by atoms with Crippen LogP contribution in [0.15, 0.2) is 36.7 Å². The fourth-order valence-corrected chi connectivity index (χ4v) is 3.67. The SMILES string of the molecule is CCCCNc1ccc(-c2cc3c(N)c(C(=O)CC4CC4)cnc3cc2CO)cn1. The topological polar surface area (TPSA) is 101 Å². The van der Waals surface area contributed by atoms with Crippen molar-refractivity contribution in [1.29, 1.82) is 0 Å². The highest BCUT2D eigenvalue weighted by Gasteiger charge is 2.26. The second-order valence-electron chi connectivity index (χ2n) is 8.05. The molecule has 3 aromatic rings. The van der Waals surface area contributed by atoms with Crippen LogP contribution in [-0.4, -0.2) is 27.4 Å². The van der Waals surface area contributed by atoms with Crippen LogP contribution in [0.5, 0.6) is 0 Å². The molecule has 0 aliphatic heterocycles. The number of nitrogens with one attached hydrogen (secondary N) is 1. The lowest BCUT2D eigenvalue weighted by atomic mass is 9.96. The van der Waals surface area contributed by atoms with E-state index in [0.29, 0.717) is 29.1 Å². The number of carbonyl (C=O) groups excluding carboxylic acids is 1. The van der Waals surface area contributed by atoms with Crippen molar-refractivity contribution in [1.82, 2.24) is 9.97 Å². The van der Waals surface area contributed by atoms with Gasteiger partial charge < -0.3 is 16.2 Å². The third-order valence-electron chi connectivity index (χ3n) is 5.69. The first-order valence-electron chi connectivity index (χ1n) is 10.7. The average molecular weight is 405 g/mol. The Morgan fingerprint density at radius 3 is 2.73 bits per heavy atom. The van der Waals surface area contributed by atoms with Crippen LogP contribution >= 0.6 is 0 Å². The predicted octanol–water partition coefficient (Wildman–Crippen LogP) is 4.57. The van der Waals surface area contributed by atoms with Gasteiger partial charge in [-0.25, -0.2) is 4.98 Å². The van der Waals surface area contributed by atoms with E-state index in [4.69, 9.17) is 5.73 Å². The van der Waals surface area contributed by atoms with Gasteiger partial charge in [0.2, 0.25) is 0 Å². The zero-order valence-electron chi connectivity index (χ0n) is 17.3. The number of fused-ring (bicyclic) bond motifs is 1. The summed E-state index contributed by atoms with van der Waals surface area (Å²) in [6.07, 6.45) is 8.36. The number of aliphatic hydroxyl groups is 1. The van der Waals surface area contributed by atoms with Crippen molar-refractivity contribution in [2.24, 2.45) is 5.92 Å². The molecule has 1 saturated carbocycles. The Kier molecular flexibility index (Phi) is 5.95. The summed E-state index contributed by atoms with van der Waals surface area (Å²) in [7, 11) is 0. The maximum Gasteiger partial charge on any atom is 0.166 e. The number of Topliss-reactive ketones (excluding diaryl/α,β-unsaturated/α-hetero) is 1. The molecule has 2 heterocycles. The van der Waals surface area contributed by atoms with Crippen molar-refractivity contribution in [2.75, 3.05) is 17.6 Å². The molecule has 0 amide bonds. The van der Waals surface area contributed by atoms with Gasteiger partial charge in [-0.3, -0.25) is 9.78 Å². The van der Waals surface area contributed by atoms with Gasteiger partial charge in [0.25, 0.3) is 0 Å². The Bertz CT molecular complexity index is 1060. The summed E-state index contributed by atoms with van der Waals surface area (Å²) >= 11 is 0. The lowest BCUT2D eigenvalue weighted by Crippen LogP contribution is -2.07.